The number of aromatic amines is 1. The summed E-state index contributed by atoms with van der Waals surface area (Å²) in [7, 11) is 1.62. The summed E-state index contributed by atoms with van der Waals surface area (Å²) >= 11 is 0. The van der Waals surface area contributed by atoms with Crippen molar-refractivity contribution in [2.75, 3.05) is 13.7 Å². The molecule has 9 heteroatoms. The third-order valence-corrected chi connectivity index (χ3v) is 6.57. The normalized spacial score (nSPS) is 12.3. The Labute approximate surface area is 230 Å². The van der Waals surface area contributed by atoms with Gasteiger partial charge >= 0.3 is 6.18 Å². The van der Waals surface area contributed by atoms with Gasteiger partial charge in [0.2, 0.25) is 11.8 Å². The molecule has 5 nitrogen and oxygen atoms in total. The lowest BCUT2D eigenvalue weighted by Gasteiger charge is -2.19. The number of halogens is 4. The van der Waals surface area contributed by atoms with E-state index in [-0.39, 0.29) is 16.9 Å². The van der Waals surface area contributed by atoms with Crippen molar-refractivity contribution in [3.05, 3.63) is 95.6 Å². The van der Waals surface area contributed by atoms with Gasteiger partial charge < -0.3 is 15.0 Å². The Morgan fingerprint density at radius 2 is 1.70 bits per heavy atom. The van der Waals surface area contributed by atoms with Crippen LogP contribution in [0.15, 0.2) is 73.1 Å². The number of ether oxygens (including phenoxy) is 1. The molecule has 0 aliphatic rings. The van der Waals surface area contributed by atoms with Gasteiger partial charge in [-0.15, -0.1) is 0 Å². The molecule has 0 bridgehead atoms. The fraction of sp³-hybridized carbons (Fsp3) is 0.290. The number of rotatable bonds is 12. The van der Waals surface area contributed by atoms with E-state index in [1.807, 2.05) is 0 Å². The summed E-state index contributed by atoms with van der Waals surface area (Å²) in [6.45, 7) is 0.432. The Hall–Kier alpha value is -4.14. The van der Waals surface area contributed by atoms with Gasteiger partial charge in [0.05, 0.1) is 13.0 Å². The number of amides is 1. The number of unbranched alkanes of at least 4 members (excludes halogenated alkanes) is 3. The Morgan fingerprint density at radius 3 is 2.40 bits per heavy atom. The molecule has 2 N–H and O–H groups in total. The number of alkyl halides is 3. The van der Waals surface area contributed by atoms with Gasteiger partial charge in [0, 0.05) is 48.4 Å². The predicted octanol–water partition coefficient (Wildman–Crippen LogP) is 7.69. The summed E-state index contributed by atoms with van der Waals surface area (Å²) in [6, 6.07) is 16.6. The number of nitrogens with one attached hydrogen (secondary N) is 2. The van der Waals surface area contributed by atoms with Gasteiger partial charge in [0.25, 0.3) is 0 Å². The highest BCUT2D eigenvalue weighted by atomic mass is 19.4. The first-order valence-electron chi connectivity index (χ1n) is 13.2. The molecule has 210 valence electrons. The zero-order valence-corrected chi connectivity index (χ0v) is 22.2. The van der Waals surface area contributed by atoms with E-state index in [1.54, 1.807) is 67.7 Å². The lowest BCUT2D eigenvalue weighted by molar-refractivity contribution is -0.123. The number of carbonyl (C=O) groups excluding carboxylic acids is 1. The number of aromatic nitrogens is 2. The van der Waals surface area contributed by atoms with E-state index in [4.69, 9.17) is 4.74 Å². The fourth-order valence-electron chi connectivity index (χ4n) is 4.59. The molecule has 0 spiro atoms. The lowest BCUT2D eigenvalue weighted by Crippen LogP contribution is -2.16. The van der Waals surface area contributed by atoms with Crippen LogP contribution in [0.4, 0.5) is 17.6 Å². The van der Waals surface area contributed by atoms with E-state index >= 15 is 0 Å². The first-order valence-corrected chi connectivity index (χ1v) is 13.2. The maximum absolute atomic E-state index is 14.4. The van der Waals surface area contributed by atoms with Gasteiger partial charge in [-0.2, -0.15) is 13.2 Å². The van der Waals surface area contributed by atoms with Gasteiger partial charge in [0.15, 0.2) is 0 Å². The van der Waals surface area contributed by atoms with E-state index in [9.17, 15) is 22.4 Å². The van der Waals surface area contributed by atoms with Gasteiger partial charge in [-0.05, 0) is 53.3 Å². The van der Waals surface area contributed by atoms with Crippen molar-refractivity contribution < 1.29 is 27.1 Å². The molecule has 1 amide bonds. The Morgan fingerprint density at radius 1 is 0.950 bits per heavy atom. The molecular weight excluding hydrogens is 522 g/mol. The van der Waals surface area contributed by atoms with Crippen LogP contribution in [0.5, 0.6) is 5.88 Å². The summed E-state index contributed by atoms with van der Waals surface area (Å²) in [5.74, 6) is -0.0979. The molecule has 0 fully saturated rings. The molecule has 40 heavy (non-hydrogen) atoms. The Kier molecular flexibility index (Phi) is 9.58. The average Bonchev–Trinajstić information content (AvgIpc) is 3.32. The Balaban J connectivity index is 1.62. The van der Waals surface area contributed by atoms with Gasteiger partial charge in [-0.25, -0.2) is 9.37 Å². The molecule has 0 unspecified atom stereocenters. The van der Waals surface area contributed by atoms with Gasteiger partial charge in [-0.3, -0.25) is 4.79 Å². The van der Waals surface area contributed by atoms with E-state index in [0.717, 1.165) is 25.7 Å². The quantitative estimate of drug-likeness (QED) is 0.107. The molecule has 4 aromatic rings. The van der Waals surface area contributed by atoms with Gasteiger partial charge in [0.1, 0.15) is 5.82 Å². The molecule has 2 aromatic heterocycles. The van der Waals surface area contributed by atoms with Crippen LogP contribution in [0.3, 0.4) is 0 Å². The second kappa shape index (κ2) is 13.3. The molecular formula is C31H31F4N3O2. The standard InChI is InChI=1S/C31H31F4N3O2/c1-36-28(39)11-7-2-3-8-16-40-29-15-13-23(19-38-29)30(22-12-14-27-24(17-22)26(32)20-37-27)25(18-31(33,34)35)21-9-5-4-6-10-21/h4-6,9-10,12-15,17,19-20,37H,2-3,7-8,11,16,18H2,1H3,(H,36,39)/b30-25-. The number of benzene rings is 2. The van der Waals surface area contributed by atoms with E-state index in [1.165, 1.54) is 12.4 Å². The molecule has 0 radical (unpaired) electrons. The number of carbonyl (C=O) groups is 1. The molecule has 2 aromatic carbocycles. The number of nitrogens with zero attached hydrogens (tertiary/aromatic N) is 1. The van der Waals surface area contributed by atoms with Crippen molar-refractivity contribution in [1.29, 1.82) is 0 Å². The van der Waals surface area contributed by atoms with Crippen molar-refractivity contribution in [1.82, 2.24) is 15.3 Å². The summed E-state index contributed by atoms with van der Waals surface area (Å²) in [5, 5.41) is 2.89. The van der Waals surface area contributed by atoms with Gasteiger partial charge in [-0.1, -0.05) is 49.2 Å². The molecule has 0 atom stereocenters. The highest BCUT2D eigenvalue weighted by Gasteiger charge is 2.31. The monoisotopic (exact) mass is 553 g/mol. The third kappa shape index (κ3) is 7.71. The molecule has 0 aliphatic heterocycles. The van der Waals surface area contributed by atoms with E-state index in [0.29, 0.717) is 46.7 Å². The molecule has 0 aliphatic carbocycles. The van der Waals surface area contributed by atoms with Crippen LogP contribution in [-0.4, -0.2) is 35.7 Å². The summed E-state index contributed by atoms with van der Waals surface area (Å²) in [6.07, 6.45) is 0.972. The number of allylic oxidation sites excluding steroid dienone is 1. The number of H-pyrrole nitrogens is 1. The van der Waals surface area contributed by atoms with Crippen LogP contribution in [-0.2, 0) is 4.79 Å². The van der Waals surface area contributed by atoms with Crippen molar-refractivity contribution in [3.63, 3.8) is 0 Å². The molecule has 0 saturated carbocycles. The van der Waals surface area contributed by atoms with E-state index in [2.05, 4.69) is 15.3 Å². The Bertz CT molecular complexity index is 1450. The van der Waals surface area contributed by atoms with E-state index < -0.39 is 18.4 Å². The minimum Gasteiger partial charge on any atom is -0.478 e. The van der Waals surface area contributed by atoms with Crippen LogP contribution < -0.4 is 10.1 Å². The van der Waals surface area contributed by atoms with Crippen molar-refractivity contribution in [3.8, 4) is 5.88 Å². The van der Waals surface area contributed by atoms with Crippen LogP contribution >= 0.6 is 0 Å². The second-order valence-corrected chi connectivity index (χ2v) is 9.48. The second-order valence-electron chi connectivity index (χ2n) is 9.48. The SMILES string of the molecule is CNC(=O)CCCCCCOc1ccc(/C(=C(/CC(F)(F)F)c2ccccc2)c2ccc3[nH]cc(F)c3c2)cn1. The number of hydrogen-bond donors (Lipinski definition) is 2. The predicted molar refractivity (Wildman–Crippen MR) is 148 cm³/mol. The zero-order chi connectivity index (χ0) is 28.5. The highest BCUT2D eigenvalue weighted by molar-refractivity contribution is 6.00. The smallest absolute Gasteiger partial charge is 0.393 e. The largest absolute Gasteiger partial charge is 0.478 e. The van der Waals surface area contributed by atoms with Crippen molar-refractivity contribution in [2.45, 2.75) is 44.7 Å². The molecule has 0 saturated heterocycles. The zero-order valence-electron chi connectivity index (χ0n) is 22.2. The fourth-order valence-corrected chi connectivity index (χ4v) is 4.59. The molecule has 4 rings (SSSR count). The topological polar surface area (TPSA) is 67.0 Å². The van der Waals surface area contributed by atoms with Crippen LogP contribution in [0.2, 0.25) is 0 Å². The molecule has 2 heterocycles. The summed E-state index contributed by atoms with van der Waals surface area (Å²) in [5.41, 5.74) is 2.26. The maximum atomic E-state index is 14.4. The minimum absolute atomic E-state index is 0.0257. The number of hydrogen-bond acceptors (Lipinski definition) is 3. The van der Waals surface area contributed by atoms with Crippen molar-refractivity contribution >= 4 is 28.0 Å². The minimum atomic E-state index is -4.48. The summed E-state index contributed by atoms with van der Waals surface area (Å²) < 4.78 is 61.8. The third-order valence-electron chi connectivity index (χ3n) is 6.57. The number of fused-ring (bicyclic) bond motifs is 1. The first-order chi connectivity index (χ1) is 19.2. The maximum Gasteiger partial charge on any atom is 0.393 e. The van der Waals surface area contributed by atoms with Crippen LogP contribution in [0.1, 0.15) is 55.2 Å². The van der Waals surface area contributed by atoms with Crippen molar-refractivity contribution in [2.24, 2.45) is 0 Å². The highest BCUT2D eigenvalue weighted by Crippen LogP contribution is 2.40. The van der Waals surface area contributed by atoms with Crippen LogP contribution in [0, 0.1) is 5.82 Å². The number of pyridine rings is 1. The first kappa shape index (κ1) is 28.9. The lowest BCUT2D eigenvalue weighted by atomic mass is 9.88. The van der Waals surface area contributed by atoms with Crippen LogP contribution in [0.25, 0.3) is 22.0 Å². The summed E-state index contributed by atoms with van der Waals surface area (Å²) in [4.78, 5) is 18.5. The average molecular weight is 554 g/mol.